The van der Waals surface area contributed by atoms with Crippen molar-refractivity contribution in [2.75, 3.05) is 25.0 Å². The largest absolute Gasteiger partial charge is 0.351 e. The van der Waals surface area contributed by atoms with Crippen LogP contribution in [0.4, 0.5) is 19.3 Å². The van der Waals surface area contributed by atoms with Gasteiger partial charge in [-0.1, -0.05) is 12.1 Å². The van der Waals surface area contributed by atoms with Crippen molar-refractivity contribution in [1.82, 2.24) is 15.5 Å². The summed E-state index contributed by atoms with van der Waals surface area (Å²) in [5, 5.41) is 5.86. The molecule has 0 bridgehead atoms. The van der Waals surface area contributed by atoms with Gasteiger partial charge in [0, 0.05) is 39.5 Å². The number of carbonyl (C=O) groups is 2. The van der Waals surface area contributed by atoms with Crippen LogP contribution in [0.1, 0.15) is 28.8 Å². The number of piperidine rings is 1. The van der Waals surface area contributed by atoms with E-state index in [0.717, 1.165) is 5.56 Å². The topological polar surface area (TPSA) is 64.7 Å². The molecule has 0 aromatic heterocycles. The lowest BCUT2D eigenvalue weighted by atomic mass is 9.90. The number of urea groups is 1. The van der Waals surface area contributed by atoms with E-state index in [4.69, 9.17) is 0 Å². The zero-order valence-corrected chi connectivity index (χ0v) is 16.0. The second kappa shape index (κ2) is 7.35. The number of benzene rings is 2. The van der Waals surface area contributed by atoms with E-state index in [-0.39, 0.29) is 17.8 Å². The number of anilines is 1. The molecule has 2 heterocycles. The van der Waals surface area contributed by atoms with Crippen molar-refractivity contribution in [2.45, 2.75) is 25.0 Å². The first-order valence-corrected chi connectivity index (χ1v) is 9.51. The Balaban J connectivity index is 1.39. The van der Waals surface area contributed by atoms with Crippen LogP contribution in [0.3, 0.4) is 0 Å². The van der Waals surface area contributed by atoms with E-state index in [1.54, 1.807) is 23.1 Å². The minimum atomic E-state index is -0.602. The molecule has 1 saturated heterocycles. The summed E-state index contributed by atoms with van der Waals surface area (Å²) in [5.74, 6) is -1.06. The number of fused-ring (bicyclic) bond motifs is 1. The number of nitrogens with one attached hydrogen (secondary N) is 2. The maximum Gasteiger partial charge on any atom is 0.317 e. The predicted octanol–water partition coefficient (Wildman–Crippen LogP) is 2.85. The van der Waals surface area contributed by atoms with Crippen LogP contribution in [0.5, 0.6) is 0 Å². The lowest BCUT2D eigenvalue weighted by Gasteiger charge is -2.51. The predicted molar refractivity (Wildman–Crippen MR) is 104 cm³/mol. The van der Waals surface area contributed by atoms with E-state index in [0.29, 0.717) is 43.7 Å². The number of amides is 3. The molecule has 4 rings (SSSR count). The zero-order chi connectivity index (χ0) is 20.6. The van der Waals surface area contributed by atoms with Gasteiger partial charge in [0.1, 0.15) is 17.3 Å². The van der Waals surface area contributed by atoms with Crippen molar-refractivity contribution in [3.8, 4) is 0 Å². The highest BCUT2D eigenvalue weighted by atomic mass is 19.1. The van der Waals surface area contributed by atoms with E-state index in [1.165, 1.54) is 24.3 Å². The SMILES string of the molecule is CN1c2ccc(F)cc2C(=O)NC12CCN(C(=O)NCc1ccc(F)cc1)CC2. The van der Waals surface area contributed by atoms with E-state index in [2.05, 4.69) is 10.6 Å². The standard InChI is InChI=1S/C21H22F2N4O2/c1-26-18-7-6-16(23)12-17(18)19(28)25-21(26)8-10-27(11-9-21)20(29)24-13-14-2-4-15(22)5-3-14/h2-7,12H,8-11,13H2,1H3,(H,24,29)(H,25,28). The summed E-state index contributed by atoms with van der Waals surface area (Å²) in [6, 6.07) is 9.99. The molecular weight excluding hydrogens is 378 g/mol. The molecule has 6 nitrogen and oxygen atoms in total. The molecule has 0 unspecified atom stereocenters. The monoisotopic (exact) mass is 400 g/mol. The Labute approximate surface area is 167 Å². The maximum atomic E-state index is 13.5. The Morgan fingerprint density at radius 1 is 1.10 bits per heavy atom. The van der Waals surface area contributed by atoms with Crippen LogP contribution in [0, 0.1) is 11.6 Å². The van der Waals surface area contributed by atoms with Crippen molar-refractivity contribution >= 4 is 17.6 Å². The first kappa shape index (κ1) is 19.2. The van der Waals surface area contributed by atoms with E-state index in [1.807, 2.05) is 11.9 Å². The fourth-order valence-electron chi connectivity index (χ4n) is 4.01. The van der Waals surface area contributed by atoms with Gasteiger partial charge in [0.2, 0.25) is 0 Å². The summed E-state index contributed by atoms with van der Waals surface area (Å²) in [5.41, 5.74) is 1.22. The van der Waals surface area contributed by atoms with Gasteiger partial charge in [-0.2, -0.15) is 0 Å². The van der Waals surface area contributed by atoms with Gasteiger partial charge in [-0.3, -0.25) is 4.79 Å². The Hall–Kier alpha value is -3.16. The molecule has 152 valence electrons. The first-order valence-electron chi connectivity index (χ1n) is 9.51. The smallest absolute Gasteiger partial charge is 0.317 e. The van der Waals surface area contributed by atoms with Gasteiger partial charge >= 0.3 is 6.03 Å². The Bertz CT molecular complexity index is 940. The Morgan fingerprint density at radius 3 is 2.45 bits per heavy atom. The summed E-state index contributed by atoms with van der Waals surface area (Å²) in [6.45, 7) is 1.25. The lowest BCUT2D eigenvalue weighted by molar-refractivity contribution is 0.0809. The Kier molecular flexibility index (Phi) is 4.86. The molecule has 0 radical (unpaired) electrons. The molecule has 1 spiro atoms. The quantitative estimate of drug-likeness (QED) is 0.815. The van der Waals surface area contributed by atoms with Gasteiger partial charge in [-0.25, -0.2) is 13.6 Å². The van der Waals surface area contributed by atoms with E-state index >= 15 is 0 Å². The van der Waals surface area contributed by atoms with Crippen LogP contribution in [-0.2, 0) is 6.54 Å². The normalized spacial score (nSPS) is 17.7. The molecule has 1 fully saturated rings. The van der Waals surface area contributed by atoms with Crippen molar-refractivity contribution in [3.05, 3.63) is 65.2 Å². The Morgan fingerprint density at radius 2 is 1.76 bits per heavy atom. The maximum absolute atomic E-state index is 13.5. The van der Waals surface area contributed by atoms with Crippen molar-refractivity contribution < 1.29 is 18.4 Å². The third-order valence-electron chi connectivity index (χ3n) is 5.79. The average molecular weight is 400 g/mol. The summed E-state index contributed by atoms with van der Waals surface area (Å²) in [6.07, 6.45) is 1.10. The number of hydrogen-bond acceptors (Lipinski definition) is 3. The molecule has 0 atom stereocenters. The van der Waals surface area contributed by atoms with Gasteiger partial charge in [0.05, 0.1) is 11.3 Å². The van der Waals surface area contributed by atoms with Crippen LogP contribution < -0.4 is 15.5 Å². The molecule has 3 amide bonds. The molecule has 2 aliphatic rings. The van der Waals surface area contributed by atoms with Crippen LogP contribution in [-0.4, -0.2) is 42.6 Å². The summed E-state index contributed by atoms with van der Waals surface area (Å²) in [4.78, 5) is 28.7. The van der Waals surface area contributed by atoms with Crippen molar-refractivity contribution in [2.24, 2.45) is 0 Å². The average Bonchev–Trinajstić information content (AvgIpc) is 2.72. The van der Waals surface area contributed by atoms with Crippen molar-refractivity contribution in [1.29, 1.82) is 0 Å². The van der Waals surface area contributed by atoms with E-state index in [9.17, 15) is 18.4 Å². The van der Waals surface area contributed by atoms with Gasteiger partial charge in [0.25, 0.3) is 5.91 Å². The number of carbonyl (C=O) groups excluding carboxylic acids is 2. The minimum Gasteiger partial charge on any atom is -0.351 e. The van der Waals surface area contributed by atoms with E-state index < -0.39 is 11.5 Å². The molecule has 2 aromatic carbocycles. The van der Waals surface area contributed by atoms with Crippen molar-refractivity contribution in [3.63, 3.8) is 0 Å². The second-order valence-electron chi connectivity index (χ2n) is 7.48. The highest BCUT2D eigenvalue weighted by Gasteiger charge is 2.44. The summed E-state index contributed by atoms with van der Waals surface area (Å²) in [7, 11) is 1.88. The second-order valence-corrected chi connectivity index (χ2v) is 7.48. The number of hydrogen-bond donors (Lipinski definition) is 2. The number of likely N-dealkylation sites (tertiary alicyclic amines) is 1. The van der Waals surface area contributed by atoms with Crippen LogP contribution >= 0.6 is 0 Å². The molecule has 2 aromatic rings. The summed E-state index contributed by atoms with van der Waals surface area (Å²) < 4.78 is 26.5. The molecule has 29 heavy (non-hydrogen) atoms. The number of halogens is 2. The van der Waals surface area contributed by atoms with Crippen LogP contribution in [0.25, 0.3) is 0 Å². The van der Waals surface area contributed by atoms with Crippen LogP contribution in [0.2, 0.25) is 0 Å². The third-order valence-corrected chi connectivity index (χ3v) is 5.79. The highest BCUT2D eigenvalue weighted by Crippen LogP contribution is 2.36. The number of rotatable bonds is 2. The van der Waals surface area contributed by atoms with Crippen LogP contribution in [0.15, 0.2) is 42.5 Å². The van der Waals surface area contributed by atoms with Gasteiger partial charge in [-0.05, 0) is 35.9 Å². The van der Waals surface area contributed by atoms with Gasteiger partial charge in [-0.15, -0.1) is 0 Å². The zero-order valence-electron chi connectivity index (χ0n) is 16.0. The fourth-order valence-corrected chi connectivity index (χ4v) is 4.01. The van der Waals surface area contributed by atoms with Gasteiger partial charge < -0.3 is 20.4 Å². The molecule has 8 heteroatoms. The molecule has 2 N–H and O–H groups in total. The number of nitrogens with zero attached hydrogens (tertiary/aromatic N) is 2. The lowest BCUT2D eigenvalue weighted by Crippen LogP contribution is -2.67. The highest BCUT2D eigenvalue weighted by molar-refractivity contribution is 6.02. The third kappa shape index (κ3) is 3.62. The van der Waals surface area contributed by atoms with Gasteiger partial charge in [0.15, 0.2) is 0 Å². The molecule has 0 saturated carbocycles. The summed E-state index contributed by atoms with van der Waals surface area (Å²) >= 11 is 0. The fraction of sp³-hybridized carbons (Fsp3) is 0.333. The first-order chi connectivity index (χ1) is 13.9. The molecule has 0 aliphatic carbocycles. The molecular formula is C21H22F2N4O2. The molecule has 2 aliphatic heterocycles. The minimum absolute atomic E-state index is 0.198.